The van der Waals surface area contributed by atoms with Crippen molar-refractivity contribution in [1.82, 2.24) is 4.90 Å². The summed E-state index contributed by atoms with van der Waals surface area (Å²) in [5.41, 5.74) is 6.61. The number of likely N-dealkylation sites (N-methyl/N-ethyl adjacent to an activating group) is 1. The highest BCUT2D eigenvalue weighted by Crippen LogP contribution is 2.28. The van der Waals surface area contributed by atoms with Crippen LogP contribution in [0.5, 0.6) is 5.75 Å². The first-order valence-electron chi connectivity index (χ1n) is 6.05. The lowest BCUT2D eigenvalue weighted by Crippen LogP contribution is -2.28. The van der Waals surface area contributed by atoms with E-state index in [9.17, 15) is 0 Å². The fraction of sp³-hybridized carbons (Fsp3) is 0.538. The van der Waals surface area contributed by atoms with E-state index >= 15 is 0 Å². The van der Waals surface area contributed by atoms with E-state index in [4.69, 9.17) is 22.1 Å². The molecule has 0 saturated heterocycles. The maximum absolute atomic E-state index is 6.10. The molecule has 0 atom stereocenters. The second kappa shape index (κ2) is 7.54. The van der Waals surface area contributed by atoms with Gasteiger partial charge in [0.1, 0.15) is 12.4 Å². The molecule has 4 heteroatoms. The van der Waals surface area contributed by atoms with E-state index < -0.39 is 0 Å². The molecule has 1 aromatic carbocycles. The van der Waals surface area contributed by atoms with Crippen LogP contribution in [0.1, 0.15) is 19.4 Å². The molecule has 0 aromatic heterocycles. The first-order valence-corrected chi connectivity index (χ1v) is 6.43. The third kappa shape index (κ3) is 4.19. The van der Waals surface area contributed by atoms with Gasteiger partial charge in [0.2, 0.25) is 0 Å². The van der Waals surface area contributed by atoms with Crippen molar-refractivity contribution in [3.8, 4) is 5.75 Å². The van der Waals surface area contributed by atoms with Crippen molar-refractivity contribution >= 4 is 11.6 Å². The van der Waals surface area contributed by atoms with Gasteiger partial charge in [-0.3, -0.25) is 0 Å². The normalized spacial score (nSPS) is 10.9. The summed E-state index contributed by atoms with van der Waals surface area (Å²) < 4.78 is 5.74. The molecule has 1 rings (SSSR count). The van der Waals surface area contributed by atoms with Gasteiger partial charge in [0.15, 0.2) is 0 Å². The fourth-order valence-electron chi connectivity index (χ4n) is 1.69. The van der Waals surface area contributed by atoms with Crippen LogP contribution in [-0.4, -0.2) is 31.1 Å². The summed E-state index contributed by atoms with van der Waals surface area (Å²) in [6.45, 7) is 8.34. The van der Waals surface area contributed by atoms with Crippen molar-refractivity contribution in [3.05, 3.63) is 28.8 Å². The van der Waals surface area contributed by atoms with Crippen LogP contribution in [0.25, 0.3) is 0 Å². The number of nitrogens with two attached hydrogens (primary N) is 1. The standard InChI is InChI=1S/C13H21ClN2O/c1-3-16(4-2)8-9-17-13-11(10-15)6-5-7-12(13)14/h5-7H,3-4,8-10,15H2,1-2H3. The zero-order valence-electron chi connectivity index (χ0n) is 10.6. The van der Waals surface area contributed by atoms with E-state index in [2.05, 4.69) is 18.7 Å². The topological polar surface area (TPSA) is 38.5 Å². The largest absolute Gasteiger partial charge is 0.490 e. The molecule has 0 aliphatic heterocycles. The Hall–Kier alpha value is -0.770. The van der Waals surface area contributed by atoms with Crippen molar-refractivity contribution in [2.24, 2.45) is 5.73 Å². The lowest BCUT2D eigenvalue weighted by molar-refractivity contribution is 0.222. The van der Waals surface area contributed by atoms with Crippen LogP contribution in [0.4, 0.5) is 0 Å². The molecule has 0 heterocycles. The van der Waals surface area contributed by atoms with Crippen molar-refractivity contribution in [2.75, 3.05) is 26.2 Å². The molecular formula is C13H21ClN2O. The van der Waals surface area contributed by atoms with E-state index in [1.807, 2.05) is 18.2 Å². The molecule has 0 saturated carbocycles. The van der Waals surface area contributed by atoms with Crippen LogP contribution in [-0.2, 0) is 6.54 Å². The predicted molar refractivity (Wildman–Crippen MR) is 72.6 cm³/mol. The molecular weight excluding hydrogens is 236 g/mol. The molecule has 96 valence electrons. The van der Waals surface area contributed by atoms with Gasteiger partial charge in [0.25, 0.3) is 0 Å². The number of nitrogens with zero attached hydrogens (tertiary/aromatic N) is 1. The lowest BCUT2D eigenvalue weighted by atomic mass is 10.2. The molecule has 0 bridgehead atoms. The first kappa shape index (κ1) is 14.3. The minimum absolute atomic E-state index is 0.446. The monoisotopic (exact) mass is 256 g/mol. The van der Waals surface area contributed by atoms with Crippen LogP contribution in [0.2, 0.25) is 5.02 Å². The first-order chi connectivity index (χ1) is 8.22. The Labute approximate surface area is 109 Å². The smallest absolute Gasteiger partial charge is 0.142 e. The van der Waals surface area contributed by atoms with Crippen LogP contribution in [0.15, 0.2) is 18.2 Å². The maximum atomic E-state index is 6.10. The Bertz CT molecular complexity index is 340. The molecule has 0 spiro atoms. The average Bonchev–Trinajstić information content (AvgIpc) is 2.36. The molecule has 0 aliphatic carbocycles. The SMILES string of the molecule is CCN(CC)CCOc1c(Cl)cccc1CN. The number of halogens is 1. The van der Waals surface area contributed by atoms with E-state index in [0.717, 1.165) is 30.9 Å². The van der Waals surface area contributed by atoms with E-state index in [1.165, 1.54) is 0 Å². The zero-order valence-corrected chi connectivity index (χ0v) is 11.3. The summed E-state index contributed by atoms with van der Waals surface area (Å²) in [5, 5.41) is 0.632. The number of ether oxygens (including phenoxy) is 1. The van der Waals surface area contributed by atoms with Crippen LogP contribution >= 0.6 is 11.6 Å². The van der Waals surface area contributed by atoms with Crippen LogP contribution in [0.3, 0.4) is 0 Å². The minimum Gasteiger partial charge on any atom is -0.490 e. The average molecular weight is 257 g/mol. The molecule has 3 nitrogen and oxygen atoms in total. The molecule has 0 amide bonds. The number of benzene rings is 1. The summed E-state index contributed by atoms with van der Waals surface area (Å²) in [5.74, 6) is 0.726. The minimum atomic E-state index is 0.446. The van der Waals surface area contributed by atoms with E-state index in [0.29, 0.717) is 18.2 Å². The lowest BCUT2D eigenvalue weighted by Gasteiger charge is -2.19. The second-order valence-corrected chi connectivity index (χ2v) is 4.21. The van der Waals surface area contributed by atoms with Crippen molar-refractivity contribution in [1.29, 1.82) is 0 Å². The molecule has 0 aliphatic rings. The molecule has 0 fully saturated rings. The number of hydrogen-bond donors (Lipinski definition) is 1. The van der Waals surface area contributed by atoms with Crippen molar-refractivity contribution < 1.29 is 4.74 Å². The number of rotatable bonds is 7. The van der Waals surface area contributed by atoms with Gasteiger partial charge in [-0.15, -0.1) is 0 Å². The highest BCUT2D eigenvalue weighted by atomic mass is 35.5. The predicted octanol–water partition coefficient (Wildman–Crippen LogP) is 2.52. The van der Waals surface area contributed by atoms with Crippen LogP contribution in [0, 0.1) is 0 Å². The summed E-state index contributed by atoms with van der Waals surface area (Å²) in [7, 11) is 0. The highest BCUT2D eigenvalue weighted by molar-refractivity contribution is 6.32. The Kier molecular flexibility index (Phi) is 6.34. The number of para-hydroxylation sites is 1. The van der Waals surface area contributed by atoms with Gasteiger partial charge in [-0.05, 0) is 19.2 Å². The Morgan fingerprint density at radius 1 is 1.29 bits per heavy atom. The fourth-order valence-corrected chi connectivity index (χ4v) is 1.94. The Morgan fingerprint density at radius 3 is 2.59 bits per heavy atom. The van der Waals surface area contributed by atoms with Gasteiger partial charge < -0.3 is 15.4 Å². The van der Waals surface area contributed by atoms with Gasteiger partial charge in [-0.25, -0.2) is 0 Å². The summed E-state index contributed by atoms with van der Waals surface area (Å²) >= 11 is 6.10. The van der Waals surface area contributed by atoms with E-state index in [1.54, 1.807) is 0 Å². The Balaban J connectivity index is 2.56. The maximum Gasteiger partial charge on any atom is 0.142 e. The quantitative estimate of drug-likeness (QED) is 0.815. The second-order valence-electron chi connectivity index (χ2n) is 3.81. The van der Waals surface area contributed by atoms with Gasteiger partial charge in [0.05, 0.1) is 5.02 Å². The third-order valence-electron chi connectivity index (χ3n) is 2.82. The third-order valence-corrected chi connectivity index (χ3v) is 3.11. The van der Waals surface area contributed by atoms with Gasteiger partial charge in [0, 0.05) is 18.7 Å². The summed E-state index contributed by atoms with van der Waals surface area (Å²) in [6.07, 6.45) is 0. The van der Waals surface area contributed by atoms with Gasteiger partial charge in [-0.1, -0.05) is 37.6 Å². The molecule has 2 N–H and O–H groups in total. The van der Waals surface area contributed by atoms with Crippen molar-refractivity contribution in [3.63, 3.8) is 0 Å². The zero-order chi connectivity index (χ0) is 12.7. The van der Waals surface area contributed by atoms with E-state index in [-0.39, 0.29) is 0 Å². The molecule has 0 radical (unpaired) electrons. The summed E-state index contributed by atoms with van der Waals surface area (Å²) in [4.78, 5) is 2.30. The molecule has 0 unspecified atom stereocenters. The number of hydrogen-bond acceptors (Lipinski definition) is 3. The Morgan fingerprint density at radius 2 is 2.00 bits per heavy atom. The summed E-state index contributed by atoms with van der Waals surface area (Å²) in [6, 6.07) is 5.66. The van der Waals surface area contributed by atoms with Crippen molar-refractivity contribution in [2.45, 2.75) is 20.4 Å². The highest BCUT2D eigenvalue weighted by Gasteiger charge is 2.07. The molecule has 1 aromatic rings. The van der Waals surface area contributed by atoms with Gasteiger partial charge in [-0.2, -0.15) is 0 Å². The molecule has 17 heavy (non-hydrogen) atoms. The van der Waals surface area contributed by atoms with Gasteiger partial charge >= 0.3 is 0 Å². The van der Waals surface area contributed by atoms with Crippen LogP contribution < -0.4 is 10.5 Å².